The molecule has 1 aromatic carbocycles. The fourth-order valence-corrected chi connectivity index (χ4v) is 5.09. The highest BCUT2D eigenvalue weighted by Gasteiger charge is 2.24. The Morgan fingerprint density at radius 1 is 1.29 bits per heavy atom. The lowest BCUT2D eigenvalue weighted by atomic mass is 9.86. The minimum atomic E-state index is -3.09. The highest BCUT2D eigenvalue weighted by molar-refractivity contribution is 7.89. The van der Waals surface area contributed by atoms with Crippen LogP contribution in [0.2, 0.25) is 5.02 Å². The summed E-state index contributed by atoms with van der Waals surface area (Å²) in [4.78, 5) is 4.57. The van der Waals surface area contributed by atoms with Crippen LogP contribution in [0.1, 0.15) is 32.6 Å². The van der Waals surface area contributed by atoms with Crippen LogP contribution < -0.4 is 10.0 Å². The molecule has 1 fully saturated rings. The van der Waals surface area contributed by atoms with Crippen LogP contribution in [0.3, 0.4) is 0 Å². The molecule has 1 saturated carbocycles. The van der Waals surface area contributed by atoms with Crippen molar-refractivity contribution in [2.45, 2.75) is 38.6 Å². The highest BCUT2D eigenvalue weighted by atomic mass is 35.5. The molecular formula is C16H22ClN3O2S2. The third-order valence-corrected chi connectivity index (χ3v) is 7.13. The summed E-state index contributed by atoms with van der Waals surface area (Å²) in [5.41, 5.74) is 0.963. The van der Waals surface area contributed by atoms with Gasteiger partial charge in [-0.2, -0.15) is 0 Å². The van der Waals surface area contributed by atoms with E-state index in [2.05, 4.69) is 15.0 Å². The van der Waals surface area contributed by atoms with Crippen molar-refractivity contribution in [3.05, 3.63) is 23.2 Å². The number of nitrogens with zero attached hydrogens (tertiary/aromatic N) is 1. The van der Waals surface area contributed by atoms with Crippen LogP contribution in [0, 0.1) is 5.92 Å². The van der Waals surface area contributed by atoms with Crippen LogP contribution in [-0.2, 0) is 10.0 Å². The van der Waals surface area contributed by atoms with Gasteiger partial charge in [-0.3, -0.25) is 0 Å². The van der Waals surface area contributed by atoms with Gasteiger partial charge in [0.1, 0.15) is 0 Å². The van der Waals surface area contributed by atoms with Crippen molar-refractivity contribution in [3.63, 3.8) is 0 Å². The Bertz CT molecular complexity index is 799. The van der Waals surface area contributed by atoms with Crippen LogP contribution in [0.5, 0.6) is 0 Å². The zero-order chi connectivity index (χ0) is 17.2. The molecule has 1 aromatic heterocycles. The molecule has 0 saturated heterocycles. The number of aromatic nitrogens is 1. The first-order valence-corrected chi connectivity index (χ1v) is 11.1. The number of rotatable bonds is 6. The monoisotopic (exact) mass is 387 g/mol. The number of nitrogens with one attached hydrogen (secondary N) is 2. The predicted molar refractivity (Wildman–Crippen MR) is 101 cm³/mol. The van der Waals surface area contributed by atoms with Gasteiger partial charge in [-0.25, -0.2) is 18.1 Å². The van der Waals surface area contributed by atoms with Gasteiger partial charge < -0.3 is 5.32 Å². The number of hydrogen-bond acceptors (Lipinski definition) is 5. The van der Waals surface area contributed by atoms with Crippen molar-refractivity contribution < 1.29 is 8.42 Å². The Balaban J connectivity index is 1.49. The Kier molecular flexibility index (Phi) is 5.64. The number of halogens is 1. The van der Waals surface area contributed by atoms with Gasteiger partial charge in [-0.05, 0) is 56.7 Å². The van der Waals surface area contributed by atoms with E-state index in [1.165, 1.54) is 0 Å². The maximum Gasteiger partial charge on any atom is 0.211 e. The molecule has 0 bridgehead atoms. The molecule has 5 nitrogen and oxygen atoms in total. The Labute approximate surface area is 151 Å². The zero-order valence-corrected chi connectivity index (χ0v) is 16.0. The lowest BCUT2D eigenvalue weighted by Gasteiger charge is -2.28. The van der Waals surface area contributed by atoms with Gasteiger partial charge in [0, 0.05) is 17.6 Å². The summed E-state index contributed by atoms with van der Waals surface area (Å²) < 4.78 is 27.1. The number of sulfonamides is 1. The smallest absolute Gasteiger partial charge is 0.211 e. The third-order valence-electron chi connectivity index (χ3n) is 4.47. The van der Waals surface area contributed by atoms with Gasteiger partial charge in [0.25, 0.3) is 0 Å². The maximum atomic E-state index is 11.6. The van der Waals surface area contributed by atoms with Gasteiger partial charge in [0.2, 0.25) is 10.0 Å². The van der Waals surface area contributed by atoms with Gasteiger partial charge in [0.15, 0.2) is 5.13 Å². The number of fused-ring (bicyclic) bond motifs is 1. The van der Waals surface area contributed by atoms with Gasteiger partial charge in [-0.15, -0.1) is 0 Å². The maximum absolute atomic E-state index is 11.6. The highest BCUT2D eigenvalue weighted by Crippen LogP contribution is 2.30. The van der Waals surface area contributed by atoms with E-state index in [1.54, 1.807) is 18.3 Å². The summed E-state index contributed by atoms with van der Waals surface area (Å²) in [6.45, 7) is 2.55. The van der Waals surface area contributed by atoms with Crippen molar-refractivity contribution in [3.8, 4) is 0 Å². The summed E-state index contributed by atoms with van der Waals surface area (Å²) in [7, 11) is -3.09. The largest absolute Gasteiger partial charge is 0.361 e. The average Bonchev–Trinajstić information content (AvgIpc) is 2.96. The molecule has 1 heterocycles. The van der Waals surface area contributed by atoms with Crippen LogP contribution >= 0.6 is 22.9 Å². The molecular weight excluding hydrogens is 366 g/mol. The number of thiazole rings is 1. The summed E-state index contributed by atoms with van der Waals surface area (Å²) in [5, 5.41) is 5.07. The minimum Gasteiger partial charge on any atom is -0.361 e. The summed E-state index contributed by atoms with van der Waals surface area (Å²) in [6.07, 6.45) is 3.86. The van der Waals surface area contributed by atoms with E-state index < -0.39 is 10.0 Å². The lowest BCUT2D eigenvalue weighted by molar-refractivity contribution is 0.324. The fourth-order valence-electron chi connectivity index (χ4n) is 3.03. The van der Waals surface area contributed by atoms with Crippen molar-refractivity contribution in [1.82, 2.24) is 9.71 Å². The number of benzene rings is 1. The SMILES string of the molecule is CCS(=O)(=O)NC1CCC(CNc2nc3ccc(Cl)cc3s2)CC1. The van der Waals surface area contributed by atoms with Gasteiger partial charge >= 0.3 is 0 Å². The normalized spacial score (nSPS) is 21.9. The molecule has 24 heavy (non-hydrogen) atoms. The van der Waals surface area contributed by atoms with Crippen molar-refractivity contribution >= 4 is 48.3 Å². The number of hydrogen-bond donors (Lipinski definition) is 2. The Hall–Kier alpha value is -0.890. The molecule has 0 aliphatic heterocycles. The molecule has 1 aliphatic rings. The van der Waals surface area contributed by atoms with Gasteiger partial charge in [-0.1, -0.05) is 22.9 Å². The first-order valence-electron chi connectivity index (χ1n) is 8.25. The molecule has 3 rings (SSSR count). The first-order chi connectivity index (χ1) is 11.4. The molecule has 8 heteroatoms. The van der Waals surface area contributed by atoms with E-state index in [1.807, 2.05) is 18.2 Å². The van der Waals surface area contributed by atoms with E-state index in [4.69, 9.17) is 11.6 Å². The molecule has 0 amide bonds. The van der Waals surface area contributed by atoms with Crippen LogP contribution in [0.15, 0.2) is 18.2 Å². The molecule has 0 unspecified atom stereocenters. The Morgan fingerprint density at radius 2 is 2.04 bits per heavy atom. The first kappa shape index (κ1) is 17.9. The van der Waals surface area contributed by atoms with Crippen molar-refractivity contribution in [1.29, 1.82) is 0 Å². The molecule has 132 valence electrons. The molecule has 0 atom stereocenters. The summed E-state index contributed by atoms with van der Waals surface area (Å²) >= 11 is 7.62. The summed E-state index contributed by atoms with van der Waals surface area (Å²) in [5.74, 6) is 0.707. The standard InChI is InChI=1S/C16H22ClN3O2S2/c1-2-24(21,22)20-13-6-3-11(4-7-13)10-18-16-19-14-8-5-12(17)9-15(14)23-16/h5,8-9,11,13,20H,2-4,6-7,10H2,1H3,(H,18,19). The third kappa shape index (κ3) is 4.59. The van der Waals surface area contributed by atoms with E-state index in [9.17, 15) is 8.42 Å². The van der Waals surface area contributed by atoms with E-state index in [0.717, 1.165) is 52.6 Å². The minimum absolute atomic E-state index is 0.0933. The molecule has 0 spiro atoms. The van der Waals surface area contributed by atoms with Crippen molar-refractivity contribution in [2.75, 3.05) is 17.6 Å². The topological polar surface area (TPSA) is 71.1 Å². The Morgan fingerprint density at radius 3 is 2.75 bits per heavy atom. The molecule has 0 radical (unpaired) electrons. The van der Waals surface area contributed by atoms with E-state index in [0.29, 0.717) is 5.92 Å². The average molecular weight is 388 g/mol. The fraction of sp³-hybridized carbons (Fsp3) is 0.562. The van der Waals surface area contributed by atoms with Crippen LogP contribution in [-0.4, -0.2) is 31.7 Å². The van der Waals surface area contributed by atoms with E-state index in [-0.39, 0.29) is 11.8 Å². The summed E-state index contributed by atoms with van der Waals surface area (Å²) in [6, 6.07) is 5.82. The second kappa shape index (κ2) is 7.56. The van der Waals surface area contributed by atoms with Crippen LogP contribution in [0.25, 0.3) is 10.2 Å². The number of anilines is 1. The van der Waals surface area contributed by atoms with Crippen LogP contribution in [0.4, 0.5) is 5.13 Å². The van der Waals surface area contributed by atoms with Gasteiger partial charge in [0.05, 0.1) is 16.0 Å². The van der Waals surface area contributed by atoms with E-state index >= 15 is 0 Å². The molecule has 2 N–H and O–H groups in total. The quantitative estimate of drug-likeness (QED) is 0.789. The zero-order valence-electron chi connectivity index (χ0n) is 13.6. The van der Waals surface area contributed by atoms with Crippen molar-refractivity contribution in [2.24, 2.45) is 5.92 Å². The molecule has 2 aromatic rings. The second-order valence-electron chi connectivity index (χ2n) is 6.25. The molecule has 1 aliphatic carbocycles. The second-order valence-corrected chi connectivity index (χ2v) is 9.76. The lowest BCUT2D eigenvalue weighted by Crippen LogP contribution is -2.39. The predicted octanol–water partition coefficient (Wildman–Crippen LogP) is 3.86.